The van der Waals surface area contributed by atoms with Crippen molar-refractivity contribution in [1.82, 2.24) is 0 Å². The summed E-state index contributed by atoms with van der Waals surface area (Å²) in [5.74, 6) is 0. The van der Waals surface area contributed by atoms with Crippen LogP contribution in [0.1, 0.15) is 11.1 Å². The first-order valence-corrected chi connectivity index (χ1v) is 6.27. The Bertz CT molecular complexity index is 963. The van der Waals surface area contributed by atoms with Crippen molar-refractivity contribution in [3.8, 4) is 18.2 Å². The van der Waals surface area contributed by atoms with E-state index < -0.39 is 5.63 Å². The molecule has 0 aliphatic carbocycles. The molecule has 6 heteroatoms. The Morgan fingerprint density at radius 2 is 1.73 bits per heavy atom. The summed E-state index contributed by atoms with van der Waals surface area (Å²) < 4.78 is 5.13. The maximum Gasteiger partial charge on any atom is 0.336 e. The van der Waals surface area contributed by atoms with E-state index in [0.29, 0.717) is 22.2 Å². The van der Waals surface area contributed by atoms with Crippen molar-refractivity contribution < 1.29 is 4.42 Å². The largest absolute Gasteiger partial charge is 0.423 e. The lowest BCUT2D eigenvalue weighted by atomic mass is 10.1. The fourth-order valence-corrected chi connectivity index (χ4v) is 2.02. The number of allylic oxidation sites excluding steroid dienone is 2. The van der Waals surface area contributed by atoms with Crippen molar-refractivity contribution in [2.24, 2.45) is 0 Å². The maximum atomic E-state index is 11.4. The molecule has 1 aromatic carbocycles. The Morgan fingerprint density at radius 1 is 1.05 bits per heavy atom. The zero-order chi connectivity index (χ0) is 16.3. The maximum absolute atomic E-state index is 11.4. The molecule has 1 aromatic heterocycles. The van der Waals surface area contributed by atoms with Gasteiger partial charge in [-0.1, -0.05) is 0 Å². The van der Waals surface area contributed by atoms with Gasteiger partial charge in [0.2, 0.25) is 0 Å². The van der Waals surface area contributed by atoms with Crippen molar-refractivity contribution >= 4 is 16.7 Å². The highest BCUT2D eigenvalue weighted by Gasteiger charge is 2.11. The number of aryl methyl sites for hydroxylation is 2. The summed E-state index contributed by atoms with van der Waals surface area (Å²) in [4.78, 5) is 11.4. The molecule has 2 rings (SSSR count). The standard InChI is InChI=1S/C16H10N4O2/c1-9-4-16(21)22-15-3-10(2)13(5-12(9)15)20-14(8-19)11(6-17)7-18/h3-5,20H,1-2H3. The molecule has 0 amide bonds. The third kappa shape index (κ3) is 2.65. The van der Waals surface area contributed by atoms with Crippen LogP contribution in [0.5, 0.6) is 0 Å². The van der Waals surface area contributed by atoms with Crippen LogP contribution in [-0.4, -0.2) is 0 Å². The topological polar surface area (TPSA) is 114 Å². The van der Waals surface area contributed by atoms with Crippen molar-refractivity contribution in [2.75, 3.05) is 5.32 Å². The Balaban J connectivity index is 2.64. The second kappa shape index (κ2) is 5.83. The molecule has 0 aliphatic heterocycles. The summed E-state index contributed by atoms with van der Waals surface area (Å²) in [6.45, 7) is 3.53. The average Bonchev–Trinajstić information content (AvgIpc) is 2.48. The molecule has 0 aliphatic rings. The minimum atomic E-state index is -0.432. The Hall–Kier alpha value is -3.56. The summed E-state index contributed by atoms with van der Waals surface area (Å²) in [5.41, 5.74) is 1.60. The van der Waals surface area contributed by atoms with Crippen LogP contribution in [0.3, 0.4) is 0 Å². The lowest BCUT2D eigenvalue weighted by Crippen LogP contribution is -2.04. The lowest BCUT2D eigenvalue weighted by molar-refractivity contribution is 0.559. The molecule has 0 spiro atoms. The van der Waals surface area contributed by atoms with Gasteiger partial charge in [0.05, 0.1) is 0 Å². The highest BCUT2D eigenvalue weighted by Crippen LogP contribution is 2.26. The first kappa shape index (κ1) is 14.8. The zero-order valence-electron chi connectivity index (χ0n) is 11.9. The Labute approximate surface area is 126 Å². The molecule has 1 N–H and O–H groups in total. The van der Waals surface area contributed by atoms with E-state index in [1.807, 2.05) is 0 Å². The molecule has 0 saturated heterocycles. The fourth-order valence-electron chi connectivity index (χ4n) is 2.02. The molecule has 22 heavy (non-hydrogen) atoms. The van der Waals surface area contributed by atoms with E-state index in [1.165, 1.54) is 6.07 Å². The Morgan fingerprint density at radius 3 is 2.32 bits per heavy atom. The summed E-state index contributed by atoms with van der Waals surface area (Å²) in [7, 11) is 0. The molecule has 2 aromatic rings. The van der Waals surface area contributed by atoms with Crippen molar-refractivity contribution in [3.63, 3.8) is 0 Å². The highest BCUT2D eigenvalue weighted by atomic mass is 16.4. The van der Waals surface area contributed by atoms with Gasteiger partial charge in [0.25, 0.3) is 0 Å². The fraction of sp³-hybridized carbons (Fsp3) is 0.125. The van der Waals surface area contributed by atoms with Gasteiger partial charge < -0.3 is 9.73 Å². The second-order valence-electron chi connectivity index (χ2n) is 4.62. The van der Waals surface area contributed by atoms with Gasteiger partial charge in [0.1, 0.15) is 29.5 Å². The van der Waals surface area contributed by atoms with E-state index in [9.17, 15) is 4.79 Å². The SMILES string of the molecule is Cc1cc2oc(=O)cc(C)c2cc1NC(C#N)=C(C#N)C#N. The van der Waals surface area contributed by atoms with Crippen LogP contribution in [0, 0.1) is 47.8 Å². The zero-order valence-corrected chi connectivity index (χ0v) is 11.9. The predicted molar refractivity (Wildman–Crippen MR) is 79.4 cm³/mol. The van der Waals surface area contributed by atoms with E-state index in [1.54, 1.807) is 44.2 Å². The molecule has 0 saturated carbocycles. The molecule has 0 bridgehead atoms. The summed E-state index contributed by atoms with van der Waals surface area (Å²) >= 11 is 0. The van der Waals surface area contributed by atoms with Crippen LogP contribution in [0.15, 0.2) is 38.7 Å². The number of anilines is 1. The number of hydrogen-bond donors (Lipinski definition) is 1. The van der Waals surface area contributed by atoms with Gasteiger partial charge >= 0.3 is 5.63 Å². The minimum Gasteiger partial charge on any atom is -0.423 e. The number of nitrogens with one attached hydrogen (secondary N) is 1. The van der Waals surface area contributed by atoms with E-state index in [4.69, 9.17) is 20.2 Å². The molecule has 0 atom stereocenters. The van der Waals surface area contributed by atoms with Crippen LogP contribution in [0.25, 0.3) is 11.0 Å². The van der Waals surface area contributed by atoms with Crippen LogP contribution >= 0.6 is 0 Å². The van der Waals surface area contributed by atoms with Gasteiger partial charge in [-0.2, -0.15) is 15.8 Å². The number of hydrogen-bond acceptors (Lipinski definition) is 6. The van der Waals surface area contributed by atoms with Crippen LogP contribution in [-0.2, 0) is 0 Å². The van der Waals surface area contributed by atoms with Crippen LogP contribution in [0.2, 0.25) is 0 Å². The van der Waals surface area contributed by atoms with Crippen molar-refractivity contribution in [3.05, 3.63) is 51.0 Å². The lowest BCUT2D eigenvalue weighted by Gasteiger charge is -2.10. The van der Waals surface area contributed by atoms with Gasteiger partial charge in [0, 0.05) is 17.1 Å². The molecule has 1 heterocycles. The average molecular weight is 290 g/mol. The van der Waals surface area contributed by atoms with Crippen molar-refractivity contribution in [1.29, 1.82) is 15.8 Å². The van der Waals surface area contributed by atoms with Gasteiger partial charge in [0.15, 0.2) is 5.57 Å². The van der Waals surface area contributed by atoms with Gasteiger partial charge in [-0.15, -0.1) is 0 Å². The molecule has 0 fully saturated rings. The summed E-state index contributed by atoms with van der Waals surface area (Å²) in [5, 5.41) is 30.3. The molecule has 6 nitrogen and oxygen atoms in total. The number of nitrogens with zero attached hydrogens (tertiary/aromatic N) is 3. The first-order valence-electron chi connectivity index (χ1n) is 6.27. The van der Waals surface area contributed by atoms with Gasteiger partial charge in [-0.3, -0.25) is 0 Å². The number of fused-ring (bicyclic) bond motifs is 1. The van der Waals surface area contributed by atoms with Crippen LogP contribution < -0.4 is 10.9 Å². The Kier molecular flexibility index (Phi) is 3.93. The number of rotatable bonds is 2. The molecule has 0 radical (unpaired) electrons. The highest BCUT2D eigenvalue weighted by molar-refractivity contribution is 5.86. The van der Waals surface area contributed by atoms with E-state index in [2.05, 4.69) is 5.32 Å². The third-order valence-corrected chi connectivity index (χ3v) is 3.14. The molecule has 0 unspecified atom stereocenters. The normalized spacial score (nSPS) is 9.41. The number of benzene rings is 1. The van der Waals surface area contributed by atoms with E-state index in [-0.39, 0.29) is 11.3 Å². The van der Waals surface area contributed by atoms with Gasteiger partial charge in [-0.25, -0.2) is 4.79 Å². The molecule has 106 valence electrons. The van der Waals surface area contributed by atoms with Crippen LogP contribution in [0.4, 0.5) is 5.69 Å². The molecular formula is C16H10N4O2. The van der Waals surface area contributed by atoms with Gasteiger partial charge in [-0.05, 0) is 37.1 Å². The van der Waals surface area contributed by atoms with E-state index in [0.717, 1.165) is 5.56 Å². The van der Waals surface area contributed by atoms with Crippen molar-refractivity contribution in [2.45, 2.75) is 13.8 Å². The first-order chi connectivity index (χ1) is 10.5. The molecular weight excluding hydrogens is 280 g/mol. The third-order valence-electron chi connectivity index (χ3n) is 3.14. The van der Waals surface area contributed by atoms with E-state index >= 15 is 0 Å². The summed E-state index contributed by atoms with van der Waals surface area (Å²) in [6, 6.07) is 9.90. The predicted octanol–water partition coefficient (Wildman–Crippen LogP) is 2.65. The smallest absolute Gasteiger partial charge is 0.336 e. The second-order valence-corrected chi connectivity index (χ2v) is 4.62. The quantitative estimate of drug-likeness (QED) is 0.671. The number of nitriles is 3. The minimum absolute atomic E-state index is 0.123. The monoisotopic (exact) mass is 290 g/mol. The summed E-state index contributed by atoms with van der Waals surface area (Å²) in [6.07, 6.45) is 0.